The summed E-state index contributed by atoms with van der Waals surface area (Å²) in [5.41, 5.74) is 10.9. The molecule has 23 heavy (non-hydrogen) atoms. The highest BCUT2D eigenvalue weighted by molar-refractivity contribution is 6.01. The summed E-state index contributed by atoms with van der Waals surface area (Å²) in [4.78, 5) is 0. The van der Waals surface area contributed by atoms with E-state index in [1.54, 1.807) is 6.07 Å². The number of azo groups is 1. The highest BCUT2D eigenvalue weighted by atomic mass is 16.3. The highest BCUT2D eigenvalue weighted by Gasteiger charge is 2.11. The smallest absolute Gasteiger partial charge is 0.152 e. The number of hydrogen-bond acceptors (Lipinski definition) is 4. The van der Waals surface area contributed by atoms with Gasteiger partial charge in [-0.15, -0.1) is 10.2 Å². The molecule has 0 saturated carbocycles. The van der Waals surface area contributed by atoms with Crippen molar-refractivity contribution in [3.8, 4) is 5.75 Å². The van der Waals surface area contributed by atoms with E-state index in [0.717, 1.165) is 27.8 Å². The Morgan fingerprint density at radius 2 is 1.48 bits per heavy atom. The van der Waals surface area contributed by atoms with Gasteiger partial charge in [-0.3, -0.25) is 0 Å². The second kappa shape index (κ2) is 5.72. The Morgan fingerprint density at radius 3 is 2.17 bits per heavy atom. The highest BCUT2D eigenvalue weighted by Crippen LogP contribution is 2.40. The van der Waals surface area contributed by atoms with E-state index in [4.69, 9.17) is 5.73 Å². The monoisotopic (exact) mass is 305 g/mol. The molecule has 3 rings (SSSR count). The van der Waals surface area contributed by atoms with Crippen LogP contribution in [0.2, 0.25) is 0 Å². The fourth-order valence-electron chi connectivity index (χ4n) is 2.67. The number of anilines is 1. The van der Waals surface area contributed by atoms with Crippen LogP contribution >= 0.6 is 0 Å². The fraction of sp³-hybridized carbons (Fsp3) is 0.158. The molecule has 3 N–H and O–H groups in total. The molecule has 0 aliphatic rings. The molecule has 0 aromatic heterocycles. The average molecular weight is 305 g/mol. The number of nitrogens with two attached hydrogens (primary N) is 1. The second-order valence-corrected chi connectivity index (χ2v) is 5.77. The molecule has 0 unspecified atom stereocenters. The van der Waals surface area contributed by atoms with Crippen LogP contribution < -0.4 is 5.73 Å². The van der Waals surface area contributed by atoms with Crippen molar-refractivity contribution in [2.24, 2.45) is 10.2 Å². The van der Waals surface area contributed by atoms with Crippen LogP contribution in [0.25, 0.3) is 10.8 Å². The SMILES string of the molecule is Cc1cccc(C)c1N=Nc1ccc2ccc(C)c(N)c2c1O. The molecule has 0 aliphatic heterocycles. The summed E-state index contributed by atoms with van der Waals surface area (Å²) in [6.07, 6.45) is 0. The van der Waals surface area contributed by atoms with Crippen LogP contribution in [0.1, 0.15) is 16.7 Å². The minimum absolute atomic E-state index is 0.0682. The van der Waals surface area contributed by atoms with Gasteiger partial charge in [-0.25, -0.2) is 0 Å². The number of aromatic hydroxyl groups is 1. The van der Waals surface area contributed by atoms with Crippen LogP contribution in [-0.2, 0) is 0 Å². The quantitative estimate of drug-likeness (QED) is 0.487. The molecule has 0 saturated heterocycles. The van der Waals surface area contributed by atoms with Gasteiger partial charge < -0.3 is 10.8 Å². The van der Waals surface area contributed by atoms with Crippen molar-refractivity contribution in [2.75, 3.05) is 5.73 Å². The molecule has 0 fully saturated rings. The first kappa shape index (κ1) is 15.0. The molecular formula is C19H19N3O. The zero-order valence-corrected chi connectivity index (χ0v) is 13.5. The maximum atomic E-state index is 10.5. The van der Waals surface area contributed by atoms with Crippen molar-refractivity contribution >= 4 is 27.8 Å². The van der Waals surface area contributed by atoms with Crippen LogP contribution in [0.15, 0.2) is 52.7 Å². The van der Waals surface area contributed by atoms with E-state index in [1.807, 2.05) is 57.2 Å². The van der Waals surface area contributed by atoms with Gasteiger partial charge in [-0.1, -0.05) is 36.4 Å². The van der Waals surface area contributed by atoms with Gasteiger partial charge in [0.15, 0.2) is 5.75 Å². The Morgan fingerprint density at radius 1 is 0.826 bits per heavy atom. The Labute approximate surface area is 135 Å². The maximum absolute atomic E-state index is 10.5. The lowest BCUT2D eigenvalue weighted by molar-refractivity contribution is 0.483. The fourth-order valence-corrected chi connectivity index (χ4v) is 2.67. The molecule has 0 bridgehead atoms. The number of nitrogens with zero attached hydrogens (tertiary/aromatic N) is 2. The summed E-state index contributed by atoms with van der Waals surface area (Å²) in [7, 11) is 0. The summed E-state index contributed by atoms with van der Waals surface area (Å²) in [6.45, 7) is 5.89. The predicted octanol–water partition coefficient (Wildman–Crippen LogP) is 5.47. The van der Waals surface area contributed by atoms with E-state index in [1.165, 1.54) is 0 Å². The molecule has 116 valence electrons. The molecule has 0 heterocycles. The summed E-state index contributed by atoms with van der Waals surface area (Å²) in [5.74, 6) is 0.0682. The number of nitrogen functional groups attached to an aromatic ring is 1. The summed E-state index contributed by atoms with van der Waals surface area (Å²) < 4.78 is 0. The van der Waals surface area contributed by atoms with Gasteiger partial charge in [-0.2, -0.15) is 0 Å². The van der Waals surface area contributed by atoms with Gasteiger partial charge in [0.2, 0.25) is 0 Å². The van der Waals surface area contributed by atoms with Crippen molar-refractivity contribution in [3.63, 3.8) is 0 Å². The number of aryl methyl sites for hydroxylation is 3. The normalized spacial score (nSPS) is 11.4. The molecule has 0 atom stereocenters. The van der Waals surface area contributed by atoms with E-state index in [2.05, 4.69) is 10.2 Å². The molecule has 0 amide bonds. The Bertz CT molecular complexity index is 909. The van der Waals surface area contributed by atoms with Crippen LogP contribution in [0, 0.1) is 20.8 Å². The van der Waals surface area contributed by atoms with Crippen molar-refractivity contribution in [1.82, 2.24) is 0 Å². The largest absolute Gasteiger partial charge is 0.505 e. The van der Waals surface area contributed by atoms with Crippen LogP contribution in [0.4, 0.5) is 17.1 Å². The topological polar surface area (TPSA) is 71.0 Å². The zero-order chi connectivity index (χ0) is 16.6. The summed E-state index contributed by atoms with van der Waals surface area (Å²) in [6, 6.07) is 13.5. The van der Waals surface area contributed by atoms with Gasteiger partial charge in [0.05, 0.1) is 5.69 Å². The zero-order valence-electron chi connectivity index (χ0n) is 13.5. The first-order valence-corrected chi connectivity index (χ1v) is 7.47. The van der Waals surface area contributed by atoms with Crippen molar-refractivity contribution in [2.45, 2.75) is 20.8 Å². The molecule has 4 heteroatoms. The molecule has 4 nitrogen and oxygen atoms in total. The van der Waals surface area contributed by atoms with E-state index in [0.29, 0.717) is 16.8 Å². The van der Waals surface area contributed by atoms with Crippen molar-refractivity contribution in [1.29, 1.82) is 0 Å². The van der Waals surface area contributed by atoms with Gasteiger partial charge in [0, 0.05) is 11.1 Å². The number of rotatable bonds is 2. The second-order valence-electron chi connectivity index (χ2n) is 5.77. The maximum Gasteiger partial charge on any atom is 0.152 e. The van der Waals surface area contributed by atoms with Crippen molar-refractivity contribution < 1.29 is 5.11 Å². The number of phenolic OH excluding ortho intramolecular Hbond substituents is 1. The molecule has 3 aromatic rings. The third-order valence-corrected chi connectivity index (χ3v) is 4.09. The number of phenols is 1. The van der Waals surface area contributed by atoms with Gasteiger partial charge in [-0.05, 0) is 48.9 Å². The lowest BCUT2D eigenvalue weighted by Crippen LogP contribution is -1.91. The standard InChI is InChI=1S/C19H19N3O/c1-11-7-8-14-9-10-15(19(23)16(14)17(11)20)21-22-18-12(2)5-4-6-13(18)3/h4-10,23H,20H2,1-3H3. The lowest BCUT2D eigenvalue weighted by Gasteiger charge is -2.09. The van der Waals surface area contributed by atoms with Crippen LogP contribution in [0.5, 0.6) is 5.75 Å². The molecule has 0 spiro atoms. The Balaban J connectivity index is 2.13. The first-order chi connectivity index (χ1) is 11.0. The van der Waals surface area contributed by atoms with Crippen LogP contribution in [-0.4, -0.2) is 5.11 Å². The van der Waals surface area contributed by atoms with Crippen molar-refractivity contribution in [3.05, 3.63) is 59.2 Å². The first-order valence-electron chi connectivity index (χ1n) is 7.47. The van der Waals surface area contributed by atoms with Gasteiger partial charge in [0.1, 0.15) is 5.69 Å². The number of fused-ring (bicyclic) bond motifs is 1. The third kappa shape index (κ3) is 2.63. The molecule has 0 radical (unpaired) electrons. The molecular weight excluding hydrogens is 286 g/mol. The van der Waals surface area contributed by atoms with Gasteiger partial charge >= 0.3 is 0 Å². The minimum Gasteiger partial charge on any atom is -0.505 e. The van der Waals surface area contributed by atoms with E-state index >= 15 is 0 Å². The molecule has 3 aromatic carbocycles. The summed E-state index contributed by atoms with van der Waals surface area (Å²) >= 11 is 0. The predicted molar refractivity (Wildman–Crippen MR) is 94.9 cm³/mol. The van der Waals surface area contributed by atoms with Gasteiger partial charge in [0.25, 0.3) is 0 Å². The Kier molecular flexibility index (Phi) is 3.74. The summed E-state index contributed by atoms with van der Waals surface area (Å²) in [5, 5.41) is 20.6. The average Bonchev–Trinajstić information content (AvgIpc) is 2.52. The third-order valence-electron chi connectivity index (χ3n) is 4.09. The molecule has 0 aliphatic carbocycles. The number of benzene rings is 3. The van der Waals surface area contributed by atoms with E-state index < -0.39 is 0 Å². The minimum atomic E-state index is 0.0682. The number of hydrogen-bond donors (Lipinski definition) is 2. The van der Waals surface area contributed by atoms with Crippen LogP contribution in [0.3, 0.4) is 0 Å². The lowest BCUT2D eigenvalue weighted by atomic mass is 10.0. The van der Waals surface area contributed by atoms with E-state index in [-0.39, 0.29) is 5.75 Å². The van der Waals surface area contributed by atoms with E-state index in [9.17, 15) is 5.11 Å². The Hall–Kier alpha value is -2.88.